The number of amides is 1. The Kier molecular flexibility index (Phi) is 4.16. The van der Waals surface area contributed by atoms with Crippen molar-refractivity contribution in [3.8, 4) is 17.0 Å². The first-order valence-corrected chi connectivity index (χ1v) is 8.67. The third-order valence-corrected chi connectivity index (χ3v) is 4.78. The number of aryl methyl sites for hydroxylation is 1. The molecule has 0 spiro atoms. The number of benzene rings is 1. The van der Waals surface area contributed by atoms with Crippen LogP contribution in [0, 0.1) is 0 Å². The molecule has 0 unspecified atom stereocenters. The van der Waals surface area contributed by atoms with Crippen LogP contribution in [0.25, 0.3) is 11.3 Å². The van der Waals surface area contributed by atoms with Crippen molar-refractivity contribution in [3.63, 3.8) is 0 Å². The van der Waals surface area contributed by atoms with Gasteiger partial charge in [0.15, 0.2) is 0 Å². The Morgan fingerprint density at radius 2 is 1.88 bits per heavy atom. The Bertz CT molecular complexity index is 950. The summed E-state index contributed by atoms with van der Waals surface area (Å²) in [5.41, 5.74) is 4.93. The van der Waals surface area contributed by atoms with E-state index in [0.717, 1.165) is 23.4 Å². The van der Waals surface area contributed by atoms with Crippen molar-refractivity contribution in [1.29, 1.82) is 0 Å². The Morgan fingerprint density at radius 3 is 2.65 bits per heavy atom. The standard InChI is InChI=1S/C20H20N4O2/c1-23-19(14-5-3-2-4-6-14)17-7-9-24(10-8-18(17)22-23)20(26)15-11-16(25)13-21-12-15/h2-6,11-13,25H,7-10H2,1H3. The number of rotatable bonds is 2. The number of aromatic hydroxyl groups is 1. The van der Waals surface area contributed by atoms with Gasteiger partial charge in [-0.15, -0.1) is 0 Å². The summed E-state index contributed by atoms with van der Waals surface area (Å²) in [5.74, 6) is -0.105. The molecule has 4 rings (SSSR count). The smallest absolute Gasteiger partial charge is 0.255 e. The van der Waals surface area contributed by atoms with Gasteiger partial charge in [-0.3, -0.25) is 14.5 Å². The van der Waals surface area contributed by atoms with Crippen LogP contribution in [-0.2, 0) is 19.9 Å². The third-order valence-electron chi connectivity index (χ3n) is 4.78. The van der Waals surface area contributed by atoms with Crippen molar-refractivity contribution >= 4 is 5.91 Å². The van der Waals surface area contributed by atoms with E-state index < -0.39 is 0 Å². The van der Waals surface area contributed by atoms with Crippen LogP contribution in [0.5, 0.6) is 5.75 Å². The van der Waals surface area contributed by atoms with Crippen molar-refractivity contribution in [1.82, 2.24) is 19.7 Å². The molecule has 1 aliphatic rings. The Morgan fingerprint density at radius 1 is 1.12 bits per heavy atom. The lowest BCUT2D eigenvalue weighted by Crippen LogP contribution is -2.33. The molecular formula is C20H20N4O2. The maximum absolute atomic E-state index is 12.7. The first kappa shape index (κ1) is 16.3. The highest BCUT2D eigenvalue weighted by atomic mass is 16.3. The van der Waals surface area contributed by atoms with E-state index in [1.165, 1.54) is 24.0 Å². The zero-order chi connectivity index (χ0) is 18.1. The first-order valence-electron chi connectivity index (χ1n) is 8.67. The fourth-order valence-electron chi connectivity index (χ4n) is 3.57. The second kappa shape index (κ2) is 6.63. The van der Waals surface area contributed by atoms with Crippen LogP contribution >= 0.6 is 0 Å². The summed E-state index contributed by atoms with van der Waals surface area (Å²) in [6, 6.07) is 11.7. The molecule has 6 heteroatoms. The number of aromatic nitrogens is 3. The maximum atomic E-state index is 12.7. The lowest BCUT2D eigenvalue weighted by molar-refractivity contribution is 0.0762. The van der Waals surface area contributed by atoms with Crippen LogP contribution < -0.4 is 0 Å². The summed E-state index contributed by atoms with van der Waals surface area (Å²) in [4.78, 5) is 18.5. The highest BCUT2D eigenvalue weighted by Gasteiger charge is 2.25. The molecule has 0 saturated carbocycles. The number of hydrogen-bond donors (Lipinski definition) is 1. The van der Waals surface area contributed by atoms with Crippen LogP contribution in [0.2, 0.25) is 0 Å². The number of fused-ring (bicyclic) bond motifs is 1. The Labute approximate surface area is 151 Å². The predicted molar refractivity (Wildman–Crippen MR) is 97.9 cm³/mol. The molecule has 3 aromatic rings. The molecule has 1 amide bonds. The fraction of sp³-hybridized carbons (Fsp3) is 0.250. The molecule has 0 aliphatic carbocycles. The average Bonchev–Trinajstić information content (AvgIpc) is 2.83. The van der Waals surface area contributed by atoms with Gasteiger partial charge in [-0.2, -0.15) is 5.10 Å². The highest BCUT2D eigenvalue weighted by molar-refractivity contribution is 5.94. The van der Waals surface area contributed by atoms with Crippen LogP contribution in [-0.4, -0.2) is 43.8 Å². The molecule has 0 saturated heterocycles. The van der Waals surface area contributed by atoms with Gasteiger partial charge in [0.1, 0.15) is 5.75 Å². The van der Waals surface area contributed by atoms with Crippen molar-refractivity contribution < 1.29 is 9.90 Å². The zero-order valence-corrected chi connectivity index (χ0v) is 14.6. The van der Waals surface area contributed by atoms with E-state index in [1.807, 2.05) is 34.8 Å². The van der Waals surface area contributed by atoms with Crippen LogP contribution in [0.3, 0.4) is 0 Å². The van der Waals surface area contributed by atoms with Gasteiger partial charge in [-0.1, -0.05) is 30.3 Å². The topological polar surface area (TPSA) is 71.2 Å². The van der Waals surface area contributed by atoms with Gasteiger partial charge in [0.2, 0.25) is 0 Å². The summed E-state index contributed by atoms with van der Waals surface area (Å²) in [6.07, 6.45) is 4.29. The average molecular weight is 348 g/mol. The number of carbonyl (C=O) groups excluding carboxylic acids is 1. The largest absolute Gasteiger partial charge is 0.506 e. The minimum atomic E-state index is -0.107. The SMILES string of the molecule is Cn1nc2c(c1-c1ccccc1)CCN(C(=O)c1cncc(O)c1)CC2. The van der Waals surface area contributed by atoms with E-state index >= 15 is 0 Å². The third kappa shape index (κ3) is 2.94. The van der Waals surface area contributed by atoms with Crippen LogP contribution in [0.4, 0.5) is 0 Å². The predicted octanol–water partition coefficient (Wildman–Crippen LogP) is 2.43. The molecule has 0 bridgehead atoms. The van der Waals surface area contributed by atoms with Crippen molar-refractivity contribution in [2.45, 2.75) is 12.8 Å². The number of carbonyl (C=O) groups is 1. The summed E-state index contributed by atoms with van der Waals surface area (Å²) < 4.78 is 1.94. The maximum Gasteiger partial charge on any atom is 0.255 e. The summed E-state index contributed by atoms with van der Waals surface area (Å²) in [5, 5.41) is 14.3. The van der Waals surface area contributed by atoms with E-state index in [0.29, 0.717) is 25.1 Å². The van der Waals surface area contributed by atoms with Gasteiger partial charge in [0.05, 0.1) is 23.1 Å². The molecule has 0 fully saturated rings. The highest BCUT2D eigenvalue weighted by Crippen LogP contribution is 2.28. The lowest BCUT2D eigenvalue weighted by atomic mass is 10.0. The molecular weight excluding hydrogens is 328 g/mol. The number of hydrogen-bond acceptors (Lipinski definition) is 4. The lowest BCUT2D eigenvalue weighted by Gasteiger charge is -2.20. The van der Waals surface area contributed by atoms with Crippen molar-refractivity contribution in [2.75, 3.05) is 13.1 Å². The minimum Gasteiger partial charge on any atom is -0.506 e. The van der Waals surface area contributed by atoms with Crippen LogP contribution in [0.15, 0.2) is 48.8 Å². The van der Waals surface area contributed by atoms with E-state index in [4.69, 9.17) is 5.10 Å². The summed E-state index contributed by atoms with van der Waals surface area (Å²) in [7, 11) is 1.97. The molecule has 132 valence electrons. The molecule has 1 aromatic carbocycles. The molecule has 1 N–H and O–H groups in total. The van der Waals surface area contributed by atoms with Gasteiger partial charge >= 0.3 is 0 Å². The quantitative estimate of drug-likeness (QED) is 0.772. The molecule has 2 aromatic heterocycles. The van der Waals surface area contributed by atoms with E-state index in [9.17, 15) is 9.90 Å². The van der Waals surface area contributed by atoms with Gasteiger partial charge in [-0.25, -0.2) is 0 Å². The van der Waals surface area contributed by atoms with Crippen LogP contribution in [0.1, 0.15) is 21.6 Å². The van der Waals surface area contributed by atoms with E-state index in [2.05, 4.69) is 17.1 Å². The Balaban J connectivity index is 1.60. The summed E-state index contributed by atoms with van der Waals surface area (Å²) >= 11 is 0. The van der Waals surface area contributed by atoms with Crippen molar-refractivity contribution in [2.24, 2.45) is 7.05 Å². The molecule has 1 aliphatic heterocycles. The molecule has 0 atom stereocenters. The fourth-order valence-corrected chi connectivity index (χ4v) is 3.57. The molecule has 0 radical (unpaired) electrons. The van der Waals surface area contributed by atoms with Gasteiger partial charge in [0, 0.05) is 43.9 Å². The zero-order valence-electron chi connectivity index (χ0n) is 14.6. The number of nitrogens with zero attached hydrogens (tertiary/aromatic N) is 4. The second-order valence-electron chi connectivity index (χ2n) is 6.49. The van der Waals surface area contributed by atoms with Gasteiger partial charge in [-0.05, 0) is 12.5 Å². The van der Waals surface area contributed by atoms with E-state index in [-0.39, 0.29) is 11.7 Å². The molecule has 26 heavy (non-hydrogen) atoms. The molecule has 6 nitrogen and oxygen atoms in total. The molecule has 3 heterocycles. The normalized spacial score (nSPS) is 14.0. The van der Waals surface area contributed by atoms with Gasteiger partial charge in [0.25, 0.3) is 5.91 Å². The van der Waals surface area contributed by atoms with Gasteiger partial charge < -0.3 is 10.0 Å². The minimum absolute atomic E-state index is 0.00242. The van der Waals surface area contributed by atoms with E-state index in [1.54, 1.807) is 0 Å². The Hall–Kier alpha value is -3.15. The summed E-state index contributed by atoms with van der Waals surface area (Å²) in [6.45, 7) is 1.22. The monoisotopic (exact) mass is 348 g/mol. The second-order valence-corrected chi connectivity index (χ2v) is 6.49. The van der Waals surface area contributed by atoms with Crippen molar-refractivity contribution in [3.05, 3.63) is 65.6 Å². The first-order chi connectivity index (χ1) is 12.6. The number of pyridine rings is 1.